The number of benzene rings is 1. The van der Waals surface area contributed by atoms with Crippen molar-refractivity contribution in [2.24, 2.45) is 0 Å². The van der Waals surface area contributed by atoms with Crippen LogP contribution >= 0.6 is 15.9 Å². The van der Waals surface area contributed by atoms with E-state index in [0.29, 0.717) is 12.0 Å². The number of halogens is 1. The Morgan fingerprint density at radius 3 is 2.65 bits per heavy atom. The number of carbonyl (C=O) groups is 2. The Morgan fingerprint density at radius 1 is 1.35 bits per heavy atom. The van der Waals surface area contributed by atoms with Crippen LogP contribution in [0.4, 0.5) is 0 Å². The first-order chi connectivity index (χ1) is 8.04. The lowest BCUT2D eigenvalue weighted by molar-refractivity contribution is -0.213. The van der Waals surface area contributed by atoms with Gasteiger partial charge in [-0.1, -0.05) is 22.9 Å². The minimum Gasteiger partial charge on any atom is -0.294 e. The van der Waals surface area contributed by atoms with Gasteiger partial charge in [0.05, 0.1) is 5.56 Å². The lowest BCUT2D eigenvalue weighted by atomic mass is 10.1. The smallest absolute Gasteiger partial charge is 0.294 e. The maximum atomic E-state index is 11.3. The fraction of sp³-hybridized carbons (Fsp3) is 0.333. The van der Waals surface area contributed by atoms with Crippen molar-refractivity contribution in [3.05, 3.63) is 28.2 Å². The number of hydrogen-bond acceptors (Lipinski definition) is 4. The highest BCUT2D eigenvalue weighted by molar-refractivity contribution is 9.10. The van der Waals surface area contributed by atoms with E-state index in [9.17, 15) is 9.59 Å². The third kappa shape index (κ3) is 4.19. The van der Waals surface area contributed by atoms with Crippen molar-refractivity contribution < 1.29 is 19.4 Å². The van der Waals surface area contributed by atoms with Crippen molar-refractivity contribution in [3.8, 4) is 5.75 Å². The van der Waals surface area contributed by atoms with Crippen LogP contribution in [0.2, 0.25) is 0 Å². The van der Waals surface area contributed by atoms with Gasteiger partial charge in [-0.05, 0) is 25.5 Å². The molecule has 0 atom stereocenters. The first kappa shape index (κ1) is 13.7. The molecule has 0 amide bonds. The molecule has 0 unspecified atom stereocenters. The molecule has 17 heavy (non-hydrogen) atoms. The van der Waals surface area contributed by atoms with Crippen molar-refractivity contribution in [1.29, 1.82) is 0 Å². The summed E-state index contributed by atoms with van der Waals surface area (Å²) < 4.78 is 0.740. The Bertz CT molecular complexity index is 429. The fourth-order valence-corrected chi connectivity index (χ4v) is 1.53. The lowest BCUT2D eigenvalue weighted by Gasteiger charge is -2.07. The van der Waals surface area contributed by atoms with Gasteiger partial charge in [0.25, 0.3) is 0 Å². The molecule has 1 aromatic rings. The van der Waals surface area contributed by atoms with Gasteiger partial charge in [-0.15, -0.1) is 0 Å². The summed E-state index contributed by atoms with van der Waals surface area (Å²) in [6.45, 7) is 3.28. The molecule has 0 aromatic heterocycles. The number of carbonyl (C=O) groups excluding carboxylic acids is 2. The third-order valence-electron chi connectivity index (χ3n) is 2.00. The van der Waals surface area contributed by atoms with Gasteiger partial charge in [-0.3, -0.25) is 14.6 Å². The summed E-state index contributed by atoms with van der Waals surface area (Å²) in [4.78, 5) is 31.9. The van der Waals surface area contributed by atoms with Crippen LogP contribution in [-0.2, 0) is 9.68 Å². The fourth-order valence-electron chi connectivity index (χ4n) is 1.19. The average molecular weight is 301 g/mol. The van der Waals surface area contributed by atoms with Gasteiger partial charge in [0, 0.05) is 17.0 Å². The zero-order chi connectivity index (χ0) is 12.8. The van der Waals surface area contributed by atoms with Crippen LogP contribution in [0.15, 0.2) is 22.7 Å². The molecule has 0 heterocycles. The second-order valence-corrected chi connectivity index (χ2v) is 4.40. The van der Waals surface area contributed by atoms with Crippen molar-refractivity contribution in [3.63, 3.8) is 0 Å². The molecule has 0 aliphatic rings. The molecule has 0 spiro atoms. The minimum atomic E-state index is -0.457. The van der Waals surface area contributed by atoms with Gasteiger partial charge < -0.3 is 0 Å². The molecule has 0 saturated heterocycles. The van der Waals surface area contributed by atoms with Crippen LogP contribution in [0.25, 0.3) is 0 Å². The van der Waals surface area contributed by atoms with E-state index in [1.165, 1.54) is 6.92 Å². The molecule has 0 aliphatic heterocycles. The van der Waals surface area contributed by atoms with Crippen molar-refractivity contribution in [2.75, 3.05) is 0 Å². The van der Waals surface area contributed by atoms with Crippen LogP contribution in [0.5, 0.6) is 5.75 Å². The summed E-state index contributed by atoms with van der Waals surface area (Å²) >= 11 is 3.25. The van der Waals surface area contributed by atoms with Crippen LogP contribution in [-0.4, -0.2) is 11.8 Å². The molecular weight excluding hydrogens is 288 g/mol. The predicted molar refractivity (Wildman–Crippen MR) is 65.8 cm³/mol. The van der Waals surface area contributed by atoms with Gasteiger partial charge in [-0.25, -0.2) is 4.79 Å². The normalized spacial score (nSPS) is 9.82. The Balaban J connectivity index is 2.78. The molecule has 0 saturated carbocycles. The monoisotopic (exact) mass is 300 g/mol. The SMILES string of the molecule is CCCC(=O)OOc1cc(Br)ccc1C(C)=O. The number of hydrogen-bond donors (Lipinski definition) is 0. The molecule has 0 bridgehead atoms. The molecule has 1 aromatic carbocycles. The molecular formula is C12H13BrO4. The molecule has 5 heteroatoms. The second kappa shape index (κ2) is 6.39. The van der Waals surface area contributed by atoms with E-state index in [2.05, 4.69) is 20.8 Å². The molecule has 0 N–H and O–H groups in total. The Kier molecular flexibility index (Phi) is 5.15. The number of rotatable bonds is 5. The first-order valence-electron chi connectivity index (χ1n) is 5.22. The van der Waals surface area contributed by atoms with E-state index in [-0.39, 0.29) is 18.0 Å². The Labute approximate surface area is 108 Å². The van der Waals surface area contributed by atoms with Crippen LogP contribution in [0.3, 0.4) is 0 Å². The molecule has 0 fully saturated rings. The lowest BCUT2D eigenvalue weighted by Crippen LogP contribution is -2.09. The van der Waals surface area contributed by atoms with Gasteiger partial charge in [0.2, 0.25) is 0 Å². The Morgan fingerprint density at radius 2 is 2.06 bits per heavy atom. The third-order valence-corrected chi connectivity index (χ3v) is 2.49. The highest BCUT2D eigenvalue weighted by atomic mass is 79.9. The maximum Gasteiger partial charge on any atom is 0.355 e. The summed E-state index contributed by atoms with van der Waals surface area (Å²) in [5.41, 5.74) is 0.373. The molecule has 4 nitrogen and oxygen atoms in total. The maximum absolute atomic E-state index is 11.3. The van der Waals surface area contributed by atoms with Gasteiger partial charge in [-0.2, -0.15) is 0 Å². The van der Waals surface area contributed by atoms with E-state index in [1.807, 2.05) is 6.92 Å². The van der Waals surface area contributed by atoms with E-state index in [4.69, 9.17) is 4.89 Å². The summed E-state index contributed by atoms with van der Waals surface area (Å²) in [5, 5.41) is 0. The molecule has 1 rings (SSSR count). The minimum absolute atomic E-state index is 0.154. The van der Waals surface area contributed by atoms with E-state index in [1.54, 1.807) is 18.2 Å². The van der Waals surface area contributed by atoms with Crippen LogP contribution in [0.1, 0.15) is 37.0 Å². The second-order valence-electron chi connectivity index (χ2n) is 3.49. The molecule has 0 radical (unpaired) electrons. The molecule has 0 aliphatic carbocycles. The highest BCUT2D eigenvalue weighted by Crippen LogP contribution is 2.24. The summed E-state index contributed by atoms with van der Waals surface area (Å²) in [5.74, 6) is -0.377. The van der Waals surface area contributed by atoms with E-state index >= 15 is 0 Å². The van der Waals surface area contributed by atoms with E-state index < -0.39 is 5.97 Å². The number of Topliss-reactive ketones (excluding diaryl/α,β-unsaturated/α-hetero) is 1. The standard InChI is InChI=1S/C12H13BrO4/c1-3-4-12(15)17-16-11-7-9(13)5-6-10(11)8(2)14/h5-7H,3-4H2,1-2H3. The Hall–Kier alpha value is -1.36. The number of ketones is 1. The van der Waals surface area contributed by atoms with Crippen molar-refractivity contribution in [2.45, 2.75) is 26.7 Å². The molecule has 92 valence electrons. The summed E-state index contributed by atoms with van der Waals surface area (Å²) in [6.07, 6.45) is 0.962. The quantitative estimate of drug-likeness (QED) is 0.476. The highest BCUT2D eigenvalue weighted by Gasteiger charge is 2.12. The average Bonchev–Trinajstić information content (AvgIpc) is 2.26. The topological polar surface area (TPSA) is 52.6 Å². The van der Waals surface area contributed by atoms with Crippen molar-refractivity contribution in [1.82, 2.24) is 0 Å². The summed E-state index contributed by atoms with van der Waals surface area (Å²) in [6, 6.07) is 4.91. The zero-order valence-electron chi connectivity index (χ0n) is 9.66. The van der Waals surface area contributed by atoms with E-state index in [0.717, 1.165) is 4.47 Å². The first-order valence-corrected chi connectivity index (χ1v) is 6.01. The van der Waals surface area contributed by atoms with Gasteiger partial charge in [0.15, 0.2) is 11.5 Å². The summed E-state index contributed by atoms with van der Waals surface area (Å²) in [7, 11) is 0. The van der Waals surface area contributed by atoms with Gasteiger partial charge in [0.1, 0.15) is 0 Å². The largest absolute Gasteiger partial charge is 0.355 e. The van der Waals surface area contributed by atoms with Crippen LogP contribution < -0.4 is 4.89 Å². The zero-order valence-corrected chi connectivity index (χ0v) is 11.2. The van der Waals surface area contributed by atoms with Crippen molar-refractivity contribution >= 4 is 27.7 Å². The predicted octanol–water partition coefficient (Wildman–Crippen LogP) is 3.29. The van der Waals surface area contributed by atoms with Gasteiger partial charge >= 0.3 is 5.97 Å². The van der Waals surface area contributed by atoms with Crippen LogP contribution in [0, 0.1) is 0 Å².